The normalized spacial score (nSPS) is 11.6. The van der Waals surface area contributed by atoms with Crippen molar-refractivity contribution in [3.63, 3.8) is 0 Å². The van der Waals surface area contributed by atoms with Crippen LogP contribution in [0.15, 0.2) is 90.1 Å². The number of aromatic nitrogens is 3. The van der Waals surface area contributed by atoms with Crippen LogP contribution < -0.4 is 4.90 Å². The van der Waals surface area contributed by atoms with Gasteiger partial charge in [-0.1, -0.05) is 55.1 Å². The van der Waals surface area contributed by atoms with Crippen LogP contribution in [0, 0.1) is 6.92 Å². The Kier molecular flexibility index (Phi) is 7.62. The third-order valence-electron chi connectivity index (χ3n) is 5.48. The highest BCUT2D eigenvalue weighted by molar-refractivity contribution is 7.98. The van der Waals surface area contributed by atoms with Gasteiger partial charge in [-0.15, -0.1) is 10.2 Å². The third-order valence-corrected chi connectivity index (χ3v) is 6.11. The summed E-state index contributed by atoms with van der Waals surface area (Å²) in [6.07, 6.45) is 1.34. The fraction of sp³-hybridized carbons (Fsp3) is 0.185. The van der Waals surface area contributed by atoms with E-state index in [-0.39, 0.29) is 5.91 Å². The van der Waals surface area contributed by atoms with Crippen molar-refractivity contribution < 1.29 is 14.3 Å². The summed E-state index contributed by atoms with van der Waals surface area (Å²) in [5, 5.41) is 9.02. The van der Waals surface area contributed by atoms with Crippen molar-refractivity contribution in [3.05, 3.63) is 96.3 Å². The molecule has 0 aliphatic carbocycles. The average Bonchev–Trinajstić information content (AvgIpc) is 3.28. The number of anilines is 2. The average molecular weight is 487 g/mol. The Morgan fingerprint density at radius 3 is 2.00 bits per heavy atom. The minimum atomic E-state index is -0.939. The molecule has 1 heterocycles. The molecule has 0 fully saturated rings. The van der Waals surface area contributed by atoms with Gasteiger partial charge in [0.1, 0.15) is 5.82 Å². The second-order valence-electron chi connectivity index (χ2n) is 7.76. The topological polar surface area (TPSA) is 77.3 Å². The van der Waals surface area contributed by atoms with E-state index in [0.29, 0.717) is 23.4 Å². The van der Waals surface area contributed by atoms with Gasteiger partial charge < -0.3 is 4.74 Å². The predicted molar refractivity (Wildman–Crippen MR) is 137 cm³/mol. The molecular formula is C27H26N4O3S. The van der Waals surface area contributed by atoms with Crippen LogP contribution in [0.5, 0.6) is 0 Å². The molecule has 1 unspecified atom stereocenters. The van der Waals surface area contributed by atoms with E-state index in [1.165, 1.54) is 11.8 Å². The zero-order valence-corrected chi connectivity index (χ0v) is 20.6. The lowest BCUT2D eigenvalue weighted by atomic mass is 10.1. The number of para-hydroxylation sites is 2. The molecule has 1 aromatic heterocycles. The predicted octanol–water partition coefficient (Wildman–Crippen LogP) is 5.60. The molecule has 1 atom stereocenters. The quantitative estimate of drug-likeness (QED) is 0.238. The van der Waals surface area contributed by atoms with Crippen LogP contribution in [0.4, 0.5) is 11.4 Å². The lowest BCUT2D eigenvalue weighted by Crippen LogP contribution is -2.38. The van der Waals surface area contributed by atoms with Gasteiger partial charge in [-0.25, -0.2) is 4.79 Å². The second kappa shape index (κ2) is 11.0. The molecule has 0 aliphatic heterocycles. The first-order chi connectivity index (χ1) is 17.0. The number of amides is 1. The van der Waals surface area contributed by atoms with Crippen molar-refractivity contribution in [3.8, 4) is 5.69 Å². The van der Waals surface area contributed by atoms with E-state index in [0.717, 1.165) is 16.7 Å². The van der Waals surface area contributed by atoms with Crippen molar-refractivity contribution in [2.24, 2.45) is 0 Å². The van der Waals surface area contributed by atoms with Gasteiger partial charge in [0.05, 0.1) is 5.56 Å². The molecule has 3 aromatic carbocycles. The SMILES string of the molecule is CCC(OC(=O)c1ccc(-n2c(C)nnc2SC)cc1)C(=O)N(c1ccccc1)c1ccccc1. The van der Waals surface area contributed by atoms with E-state index in [1.807, 2.05) is 97.5 Å². The highest BCUT2D eigenvalue weighted by atomic mass is 32.2. The molecule has 4 rings (SSSR count). The molecule has 0 saturated carbocycles. The monoisotopic (exact) mass is 486 g/mol. The summed E-state index contributed by atoms with van der Waals surface area (Å²) in [7, 11) is 0. The van der Waals surface area contributed by atoms with Crippen molar-refractivity contribution in [1.82, 2.24) is 14.8 Å². The number of nitrogens with zero attached hydrogens (tertiary/aromatic N) is 4. The number of aryl methyl sites for hydroxylation is 1. The van der Waals surface area contributed by atoms with Crippen LogP contribution in [0.3, 0.4) is 0 Å². The molecule has 0 saturated heterocycles. The molecule has 0 radical (unpaired) electrons. The summed E-state index contributed by atoms with van der Waals surface area (Å²) in [6.45, 7) is 3.70. The zero-order chi connectivity index (χ0) is 24.8. The Hall–Kier alpha value is -3.91. The number of hydrogen-bond donors (Lipinski definition) is 0. The van der Waals surface area contributed by atoms with Gasteiger partial charge in [0.2, 0.25) is 0 Å². The maximum Gasteiger partial charge on any atom is 0.338 e. The number of rotatable bonds is 8. The van der Waals surface area contributed by atoms with E-state index in [4.69, 9.17) is 4.74 Å². The number of carbonyl (C=O) groups excluding carboxylic acids is 2. The van der Waals surface area contributed by atoms with Gasteiger partial charge in [-0.2, -0.15) is 0 Å². The lowest BCUT2D eigenvalue weighted by Gasteiger charge is -2.27. The van der Waals surface area contributed by atoms with Crippen LogP contribution in [0.1, 0.15) is 29.5 Å². The summed E-state index contributed by atoms with van der Waals surface area (Å²) in [5.41, 5.74) is 2.62. The van der Waals surface area contributed by atoms with Gasteiger partial charge in [-0.3, -0.25) is 14.3 Å². The van der Waals surface area contributed by atoms with Gasteiger partial charge in [0.15, 0.2) is 11.3 Å². The maximum atomic E-state index is 13.6. The van der Waals surface area contributed by atoms with Crippen molar-refractivity contribution in [2.45, 2.75) is 31.5 Å². The minimum absolute atomic E-state index is 0.306. The van der Waals surface area contributed by atoms with Crippen molar-refractivity contribution in [1.29, 1.82) is 0 Å². The van der Waals surface area contributed by atoms with Gasteiger partial charge >= 0.3 is 5.97 Å². The molecule has 178 valence electrons. The second-order valence-corrected chi connectivity index (χ2v) is 8.54. The number of benzene rings is 3. The molecule has 1 amide bonds. The Labute approximate surface area is 208 Å². The maximum absolute atomic E-state index is 13.6. The van der Waals surface area contributed by atoms with E-state index >= 15 is 0 Å². The Bertz CT molecular complexity index is 1250. The Morgan fingerprint density at radius 1 is 0.914 bits per heavy atom. The summed E-state index contributed by atoms with van der Waals surface area (Å²) < 4.78 is 7.62. The van der Waals surface area contributed by atoms with Crippen LogP contribution in [0.2, 0.25) is 0 Å². The van der Waals surface area contributed by atoms with Gasteiger partial charge in [0.25, 0.3) is 5.91 Å². The fourth-order valence-corrected chi connectivity index (χ4v) is 4.27. The van der Waals surface area contributed by atoms with Crippen molar-refractivity contribution >= 4 is 35.0 Å². The largest absolute Gasteiger partial charge is 0.449 e. The summed E-state index contributed by atoms with van der Waals surface area (Å²) >= 11 is 1.49. The van der Waals surface area contributed by atoms with E-state index in [9.17, 15) is 9.59 Å². The smallest absolute Gasteiger partial charge is 0.338 e. The van der Waals surface area contributed by atoms with Gasteiger partial charge in [0, 0.05) is 17.1 Å². The molecule has 8 heteroatoms. The fourth-order valence-electron chi connectivity index (χ4n) is 3.73. The molecule has 0 bridgehead atoms. The highest BCUT2D eigenvalue weighted by Crippen LogP contribution is 2.27. The molecule has 35 heavy (non-hydrogen) atoms. The molecule has 0 aliphatic rings. The summed E-state index contributed by atoms with van der Waals surface area (Å²) in [6, 6.07) is 25.7. The van der Waals surface area contributed by atoms with Gasteiger partial charge in [-0.05, 0) is 68.1 Å². The minimum Gasteiger partial charge on any atom is -0.449 e. The Morgan fingerprint density at radius 2 is 1.49 bits per heavy atom. The molecular weight excluding hydrogens is 460 g/mol. The number of ether oxygens (including phenoxy) is 1. The first-order valence-corrected chi connectivity index (χ1v) is 12.5. The zero-order valence-electron chi connectivity index (χ0n) is 19.8. The standard InChI is InChI=1S/C27H26N4O3S/c1-4-24(25(32)31(21-11-7-5-8-12-21)22-13-9-6-10-14-22)34-26(33)20-15-17-23(18-16-20)30-19(2)28-29-27(30)35-3/h5-18,24H,4H2,1-3H3. The third kappa shape index (κ3) is 5.27. The van der Waals surface area contributed by atoms with Crippen molar-refractivity contribution in [2.75, 3.05) is 11.2 Å². The first-order valence-electron chi connectivity index (χ1n) is 11.2. The summed E-state index contributed by atoms with van der Waals surface area (Å²) in [5.74, 6) is -0.105. The first kappa shape index (κ1) is 24.2. The lowest BCUT2D eigenvalue weighted by molar-refractivity contribution is -0.126. The van der Waals surface area contributed by atoms with Crippen LogP contribution in [0.25, 0.3) is 5.69 Å². The van der Waals surface area contributed by atoms with Crippen LogP contribution >= 0.6 is 11.8 Å². The number of carbonyl (C=O) groups is 2. The van der Waals surface area contributed by atoms with Crippen LogP contribution in [-0.2, 0) is 9.53 Å². The molecule has 0 N–H and O–H groups in total. The van der Waals surface area contributed by atoms with E-state index < -0.39 is 12.1 Å². The molecule has 0 spiro atoms. The number of hydrogen-bond acceptors (Lipinski definition) is 6. The number of esters is 1. The molecule has 7 nitrogen and oxygen atoms in total. The molecule has 4 aromatic rings. The summed E-state index contributed by atoms with van der Waals surface area (Å²) in [4.78, 5) is 28.1. The number of thioether (sulfide) groups is 1. The van der Waals surface area contributed by atoms with Crippen LogP contribution in [-0.4, -0.2) is 39.0 Å². The van der Waals surface area contributed by atoms with E-state index in [2.05, 4.69) is 10.2 Å². The Balaban J connectivity index is 1.55. The van der Waals surface area contributed by atoms with E-state index in [1.54, 1.807) is 17.0 Å². The highest BCUT2D eigenvalue weighted by Gasteiger charge is 2.29.